The molecule has 0 aliphatic rings. The van der Waals surface area contributed by atoms with E-state index in [9.17, 15) is 14.7 Å². The highest BCUT2D eigenvalue weighted by atomic mass is 35.5. The van der Waals surface area contributed by atoms with Crippen molar-refractivity contribution in [1.82, 2.24) is 4.98 Å². The summed E-state index contributed by atoms with van der Waals surface area (Å²) >= 11 is 5.86. The second-order valence-corrected chi connectivity index (χ2v) is 5.62. The van der Waals surface area contributed by atoms with E-state index in [2.05, 4.69) is 4.98 Å². The largest absolute Gasteiger partial charge is 0.506 e. The molecule has 0 saturated heterocycles. The highest BCUT2D eigenvalue weighted by Gasteiger charge is 2.16. The Kier molecular flexibility index (Phi) is 3.58. The van der Waals surface area contributed by atoms with Gasteiger partial charge in [-0.25, -0.2) is 4.79 Å². The zero-order valence-electron chi connectivity index (χ0n) is 12.1. The maximum absolute atomic E-state index is 12.4. The van der Waals surface area contributed by atoms with Gasteiger partial charge in [0.2, 0.25) is 0 Å². The summed E-state index contributed by atoms with van der Waals surface area (Å²) in [5.41, 5.74) is 0.971. The number of carboxylic acids is 1. The van der Waals surface area contributed by atoms with E-state index in [0.29, 0.717) is 10.6 Å². The number of aromatic nitrogens is 1. The van der Waals surface area contributed by atoms with E-state index < -0.39 is 11.4 Å². The number of hydrogen-bond acceptors (Lipinski definition) is 3. The van der Waals surface area contributed by atoms with Gasteiger partial charge in [-0.05, 0) is 42.3 Å². The Morgan fingerprint density at radius 1 is 1.13 bits per heavy atom. The minimum absolute atomic E-state index is 0.0951. The van der Waals surface area contributed by atoms with Crippen LogP contribution in [0.3, 0.4) is 0 Å². The molecule has 116 valence electrons. The van der Waals surface area contributed by atoms with Gasteiger partial charge >= 0.3 is 5.97 Å². The molecule has 0 amide bonds. The lowest BCUT2D eigenvalue weighted by Crippen LogP contribution is -2.15. The van der Waals surface area contributed by atoms with Gasteiger partial charge in [-0.15, -0.1) is 0 Å². The fraction of sp³-hybridized carbons (Fsp3) is 0.0588. The van der Waals surface area contributed by atoms with Gasteiger partial charge < -0.3 is 15.2 Å². The molecule has 0 spiro atoms. The molecular formula is C17H12ClNO4. The number of carboxylic acid groups (broad SMARTS) is 1. The van der Waals surface area contributed by atoms with Gasteiger partial charge in [0.1, 0.15) is 11.4 Å². The number of hydrogen-bond donors (Lipinski definition) is 3. The fourth-order valence-corrected chi connectivity index (χ4v) is 2.62. The maximum atomic E-state index is 12.4. The molecule has 0 aliphatic heterocycles. The minimum Gasteiger partial charge on any atom is -0.506 e. The van der Waals surface area contributed by atoms with Crippen LogP contribution >= 0.6 is 11.6 Å². The lowest BCUT2D eigenvalue weighted by atomic mass is 10.0. The Morgan fingerprint density at radius 2 is 1.78 bits per heavy atom. The normalized spacial score (nSPS) is 10.9. The smallest absolute Gasteiger partial charge is 0.352 e. The molecule has 6 heteroatoms. The second kappa shape index (κ2) is 5.44. The Bertz CT molecular complexity index is 990. The number of aromatic carboxylic acids is 1. The van der Waals surface area contributed by atoms with Crippen LogP contribution < -0.4 is 5.43 Å². The molecule has 23 heavy (non-hydrogen) atoms. The van der Waals surface area contributed by atoms with Gasteiger partial charge in [0.25, 0.3) is 0 Å². The topological polar surface area (TPSA) is 90.4 Å². The summed E-state index contributed by atoms with van der Waals surface area (Å²) in [6.45, 7) is 1.44. The highest BCUT2D eigenvalue weighted by Crippen LogP contribution is 2.30. The molecule has 3 N–H and O–H groups in total. The number of fused-ring (bicyclic) bond motifs is 1. The molecule has 0 unspecified atom stereocenters. The molecule has 0 bridgehead atoms. The molecule has 1 heterocycles. The maximum Gasteiger partial charge on any atom is 0.352 e. The summed E-state index contributed by atoms with van der Waals surface area (Å²) < 4.78 is 0. The monoisotopic (exact) mass is 329 g/mol. The number of pyridine rings is 1. The van der Waals surface area contributed by atoms with Crippen molar-refractivity contribution in [1.29, 1.82) is 0 Å². The van der Waals surface area contributed by atoms with Crippen LogP contribution in [0.15, 0.2) is 41.2 Å². The molecule has 0 fully saturated rings. The van der Waals surface area contributed by atoms with Crippen LogP contribution in [0.25, 0.3) is 22.0 Å². The average Bonchev–Trinajstić information content (AvgIpc) is 2.51. The van der Waals surface area contributed by atoms with E-state index in [1.54, 1.807) is 30.3 Å². The van der Waals surface area contributed by atoms with E-state index >= 15 is 0 Å². The molecule has 1 aromatic heterocycles. The van der Waals surface area contributed by atoms with Gasteiger partial charge in [0.05, 0.1) is 10.9 Å². The SMILES string of the molecule is Cc1c(C(=O)O)[nH]c2c(O)cc(-c3ccc(Cl)cc3)cc2c1=O. The van der Waals surface area contributed by atoms with Crippen molar-refractivity contribution >= 4 is 28.5 Å². The van der Waals surface area contributed by atoms with Crippen molar-refractivity contribution in [2.24, 2.45) is 0 Å². The third-order valence-electron chi connectivity index (χ3n) is 3.72. The molecule has 5 nitrogen and oxygen atoms in total. The van der Waals surface area contributed by atoms with Crippen molar-refractivity contribution in [3.8, 4) is 16.9 Å². The minimum atomic E-state index is -1.25. The highest BCUT2D eigenvalue weighted by molar-refractivity contribution is 6.30. The van der Waals surface area contributed by atoms with Gasteiger partial charge in [-0.3, -0.25) is 4.79 Å². The van der Waals surface area contributed by atoms with Crippen molar-refractivity contribution in [3.05, 3.63) is 62.9 Å². The van der Waals surface area contributed by atoms with Crippen LogP contribution in [-0.2, 0) is 0 Å². The number of aromatic hydroxyl groups is 1. The zero-order valence-corrected chi connectivity index (χ0v) is 12.8. The quantitative estimate of drug-likeness (QED) is 0.670. The van der Waals surface area contributed by atoms with Crippen molar-refractivity contribution in [3.63, 3.8) is 0 Å². The van der Waals surface area contributed by atoms with Crippen LogP contribution in [0.4, 0.5) is 0 Å². The number of aromatic amines is 1. The molecule has 0 radical (unpaired) electrons. The second-order valence-electron chi connectivity index (χ2n) is 5.18. The molecular weight excluding hydrogens is 318 g/mol. The molecule has 0 atom stereocenters. The van der Waals surface area contributed by atoms with Gasteiger partial charge in [0, 0.05) is 10.6 Å². The Hall–Kier alpha value is -2.79. The van der Waals surface area contributed by atoms with Crippen LogP contribution in [0, 0.1) is 6.92 Å². The van der Waals surface area contributed by atoms with E-state index in [0.717, 1.165) is 5.56 Å². The summed E-state index contributed by atoms with van der Waals surface area (Å²) in [5.74, 6) is -1.44. The van der Waals surface area contributed by atoms with Crippen LogP contribution in [-0.4, -0.2) is 21.2 Å². The molecule has 3 rings (SSSR count). The number of H-pyrrole nitrogens is 1. The van der Waals surface area contributed by atoms with Crippen molar-refractivity contribution < 1.29 is 15.0 Å². The molecule has 3 aromatic rings. The van der Waals surface area contributed by atoms with E-state index in [1.807, 2.05) is 0 Å². The van der Waals surface area contributed by atoms with E-state index in [-0.39, 0.29) is 27.9 Å². The first kappa shape index (κ1) is 15.1. The number of rotatable bonds is 2. The average molecular weight is 330 g/mol. The zero-order chi connectivity index (χ0) is 16.7. The van der Waals surface area contributed by atoms with Crippen LogP contribution in [0.5, 0.6) is 5.75 Å². The number of halogens is 1. The number of phenolic OH excluding ortho intramolecular Hbond substituents is 1. The van der Waals surface area contributed by atoms with E-state index in [1.165, 1.54) is 13.0 Å². The predicted octanol–water partition coefficient (Wildman–Crippen LogP) is 3.56. The number of carbonyl (C=O) groups is 1. The van der Waals surface area contributed by atoms with Crippen molar-refractivity contribution in [2.45, 2.75) is 6.92 Å². The number of benzene rings is 2. The first-order valence-electron chi connectivity index (χ1n) is 6.77. The summed E-state index contributed by atoms with van der Waals surface area (Å²) in [6, 6.07) is 10.1. The summed E-state index contributed by atoms with van der Waals surface area (Å²) in [6.07, 6.45) is 0. The predicted molar refractivity (Wildman–Crippen MR) is 88.4 cm³/mol. The first-order chi connectivity index (χ1) is 10.9. The first-order valence-corrected chi connectivity index (χ1v) is 7.15. The fourth-order valence-electron chi connectivity index (χ4n) is 2.49. The van der Waals surface area contributed by atoms with Gasteiger partial charge in [-0.1, -0.05) is 23.7 Å². The summed E-state index contributed by atoms with van der Waals surface area (Å²) in [7, 11) is 0. The summed E-state index contributed by atoms with van der Waals surface area (Å²) in [4.78, 5) is 26.2. The Labute approximate surface area is 135 Å². The number of phenols is 1. The molecule has 0 aliphatic carbocycles. The lowest BCUT2D eigenvalue weighted by molar-refractivity contribution is 0.0690. The Balaban J connectivity index is 2.32. The van der Waals surface area contributed by atoms with Crippen molar-refractivity contribution in [2.75, 3.05) is 0 Å². The van der Waals surface area contributed by atoms with E-state index in [4.69, 9.17) is 16.7 Å². The molecule has 2 aromatic carbocycles. The lowest BCUT2D eigenvalue weighted by Gasteiger charge is -2.09. The Morgan fingerprint density at radius 3 is 2.39 bits per heavy atom. The van der Waals surface area contributed by atoms with Gasteiger partial charge in [-0.2, -0.15) is 0 Å². The number of nitrogens with one attached hydrogen (secondary N) is 1. The summed E-state index contributed by atoms with van der Waals surface area (Å²) in [5, 5.41) is 20.2. The third kappa shape index (κ3) is 2.55. The third-order valence-corrected chi connectivity index (χ3v) is 3.97. The standard InChI is InChI=1S/C17H12ClNO4/c1-8-14(17(22)23)19-15-12(16(8)21)6-10(7-13(15)20)9-2-4-11(18)5-3-9/h2-7,20H,1H3,(H,19,21)(H,22,23). The van der Waals surface area contributed by atoms with Gasteiger partial charge in [0.15, 0.2) is 5.43 Å². The van der Waals surface area contributed by atoms with Crippen LogP contribution in [0.2, 0.25) is 5.02 Å². The molecule has 0 saturated carbocycles. The van der Waals surface area contributed by atoms with Crippen LogP contribution in [0.1, 0.15) is 16.1 Å².